The first-order chi connectivity index (χ1) is 9.03. The van der Waals surface area contributed by atoms with Crippen LogP contribution in [-0.4, -0.2) is 24.9 Å². The molecule has 0 bridgehead atoms. The average Bonchev–Trinajstić information content (AvgIpc) is 2.87. The van der Waals surface area contributed by atoms with Crippen molar-refractivity contribution in [2.45, 2.75) is 50.6 Å². The Morgan fingerprint density at radius 2 is 2.21 bits per heavy atom. The summed E-state index contributed by atoms with van der Waals surface area (Å²) >= 11 is 0. The second kappa shape index (κ2) is 6.43. The van der Waals surface area contributed by atoms with Crippen LogP contribution >= 0.6 is 0 Å². The van der Waals surface area contributed by atoms with Crippen molar-refractivity contribution < 1.29 is 22.3 Å². The fraction of sp³-hybridized carbons (Fsp3) is 0.692. The van der Waals surface area contributed by atoms with Gasteiger partial charge in [0.1, 0.15) is 12.4 Å². The van der Waals surface area contributed by atoms with Gasteiger partial charge in [-0.15, -0.1) is 0 Å². The molecule has 1 aliphatic carbocycles. The van der Waals surface area contributed by atoms with Gasteiger partial charge in [-0.2, -0.15) is 13.2 Å². The lowest BCUT2D eigenvalue weighted by Gasteiger charge is -2.30. The number of halogens is 3. The number of hydrogen-bond acceptors (Lipinski definition) is 3. The molecule has 2 rings (SSSR count). The number of furan rings is 1. The molecule has 1 fully saturated rings. The van der Waals surface area contributed by atoms with Gasteiger partial charge < -0.3 is 14.5 Å². The predicted molar refractivity (Wildman–Crippen MR) is 63.6 cm³/mol. The summed E-state index contributed by atoms with van der Waals surface area (Å²) in [5.41, 5.74) is 0. The fourth-order valence-electron chi connectivity index (χ4n) is 2.35. The molecule has 0 saturated heterocycles. The second-order valence-corrected chi connectivity index (χ2v) is 4.87. The maximum atomic E-state index is 12.1. The molecule has 1 aromatic rings. The smallest absolute Gasteiger partial charge is 0.411 e. The van der Waals surface area contributed by atoms with Crippen molar-refractivity contribution >= 4 is 0 Å². The fourth-order valence-corrected chi connectivity index (χ4v) is 2.35. The number of rotatable bonds is 5. The summed E-state index contributed by atoms with van der Waals surface area (Å²) in [7, 11) is 0. The Balaban J connectivity index is 1.71. The van der Waals surface area contributed by atoms with E-state index in [9.17, 15) is 13.2 Å². The van der Waals surface area contributed by atoms with Crippen molar-refractivity contribution in [1.82, 2.24) is 5.32 Å². The van der Waals surface area contributed by atoms with Crippen molar-refractivity contribution in [3.8, 4) is 0 Å². The molecular weight excluding hydrogens is 259 g/mol. The maximum absolute atomic E-state index is 12.1. The summed E-state index contributed by atoms with van der Waals surface area (Å²) in [5.74, 6) is 0.832. The largest absolute Gasteiger partial charge is 0.468 e. The quantitative estimate of drug-likeness (QED) is 0.897. The van der Waals surface area contributed by atoms with Crippen LogP contribution in [0.5, 0.6) is 0 Å². The molecule has 1 saturated carbocycles. The Labute approximate surface area is 110 Å². The highest BCUT2D eigenvalue weighted by Gasteiger charge is 2.31. The standard InChI is InChI=1S/C13H18F3NO2/c14-13(15,16)9-19-11-4-1-3-10(7-11)17-8-12-5-2-6-18-12/h2,5-6,10-11,17H,1,3-4,7-9H2. The Morgan fingerprint density at radius 1 is 1.37 bits per heavy atom. The van der Waals surface area contributed by atoms with E-state index < -0.39 is 12.8 Å². The summed E-state index contributed by atoms with van der Waals surface area (Å²) in [6.45, 7) is -0.549. The molecule has 0 radical (unpaired) electrons. The normalized spacial score (nSPS) is 24.6. The monoisotopic (exact) mass is 277 g/mol. The molecule has 0 aromatic carbocycles. The topological polar surface area (TPSA) is 34.4 Å². The van der Waals surface area contributed by atoms with Crippen LogP contribution in [-0.2, 0) is 11.3 Å². The van der Waals surface area contributed by atoms with Gasteiger partial charge in [-0.05, 0) is 37.8 Å². The Hall–Kier alpha value is -1.01. The van der Waals surface area contributed by atoms with Gasteiger partial charge in [0.05, 0.1) is 18.9 Å². The maximum Gasteiger partial charge on any atom is 0.411 e. The van der Waals surface area contributed by atoms with E-state index in [1.807, 2.05) is 12.1 Å². The zero-order chi connectivity index (χ0) is 13.7. The van der Waals surface area contributed by atoms with Gasteiger partial charge >= 0.3 is 6.18 Å². The molecular formula is C13H18F3NO2. The van der Waals surface area contributed by atoms with E-state index in [-0.39, 0.29) is 12.1 Å². The summed E-state index contributed by atoms with van der Waals surface area (Å²) in [6.07, 6.45) is 0.239. The highest BCUT2D eigenvalue weighted by Crippen LogP contribution is 2.24. The van der Waals surface area contributed by atoms with Crippen molar-refractivity contribution in [3.05, 3.63) is 24.2 Å². The molecule has 0 aliphatic heterocycles. The third-order valence-electron chi connectivity index (χ3n) is 3.25. The highest BCUT2D eigenvalue weighted by molar-refractivity contribution is 4.98. The summed E-state index contributed by atoms with van der Waals surface area (Å²) in [5, 5.41) is 3.30. The van der Waals surface area contributed by atoms with E-state index >= 15 is 0 Å². The molecule has 6 heteroatoms. The van der Waals surface area contributed by atoms with Crippen molar-refractivity contribution in [3.63, 3.8) is 0 Å². The van der Waals surface area contributed by atoms with Gasteiger partial charge in [0.2, 0.25) is 0 Å². The highest BCUT2D eigenvalue weighted by atomic mass is 19.4. The number of ether oxygens (including phenoxy) is 1. The van der Waals surface area contributed by atoms with Gasteiger partial charge in [-0.1, -0.05) is 0 Å². The summed E-state index contributed by atoms with van der Waals surface area (Å²) in [6, 6.07) is 3.87. The van der Waals surface area contributed by atoms with Crippen molar-refractivity contribution in [2.24, 2.45) is 0 Å². The van der Waals surface area contributed by atoms with E-state index in [0.717, 1.165) is 18.6 Å². The van der Waals surface area contributed by atoms with Gasteiger partial charge in [-0.3, -0.25) is 0 Å². The van der Waals surface area contributed by atoms with E-state index in [2.05, 4.69) is 5.32 Å². The van der Waals surface area contributed by atoms with Gasteiger partial charge in [0.25, 0.3) is 0 Å². The van der Waals surface area contributed by atoms with Gasteiger partial charge in [-0.25, -0.2) is 0 Å². The average molecular weight is 277 g/mol. The number of nitrogens with one attached hydrogen (secondary N) is 1. The van der Waals surface area contributed by atoms with Crippen molar-refractivity contribution in [1.29, 1.82) is 0 Å². The predicted octanol–water partition coefficient (Wildman–Crippen LogP) is 3.26. The lowest BCUT2D eigenvalue weighted by molar-refractivity contribution is -0.188. The third kappa shape index (κ3) is 5.24. The lowest BCUT2D eigenvalue weighted by atomic mass is 9.93. The van der Waals surface area contributed by atoms with Crippen LogP contribution in [0.4, 0.5) is 13.2 Å². The minimum atomic E-state index is -4.24. The molecule has 1 heterocycles. The molecule has 108 valence electrons. The zero-order valence-electron chi connectivity index (χ0n) is 10.6. The van der Waals surface area contributed by atoms with E-state index in [4.69, 9.17) is 9.15 Å². The second-order valence-electron chi connectivity index (χ2n) is 4.87. The van der Waals surface area contributed by atoms with Crippen LogP contribution in [0.2, 0.25) is 0 Å². The SMILES string of the molecule is FC(F)(F)COC1CCCC(NCc2ccco2)C1. The van der Waals surface area contributed by atoms with Gasteiger partial charge in [0, 0.05) is 6.04 Å². The van der Waals surface area contributed by atoms with Crippen LogP contribution in [0.3, 0.4) is 0 Å². The van der Waals surface area contributed by atoms with Crippen LogP contribution < -0.4 is 5.32 Å². The molecule has 3 nitrogen and oxygen atoms in total. The van der Waals surface area contributed by atoms with E-state index in [1.54, 1.807) is 6.26 Å². The first kappa shape index (κ1) is 14.4. The molecule has 1 aliphatic rings. The van der Waals surface area contributed by atoms with Crippen LogP contribution in [0, 0.1) is 0 Å². The Morgan fingerprint density at radius 3 is 2.89 bits per heavy atom. The Bertz CT molecular complexity index is 364. The minimum absolute atomic E-state index is 0.192. The van der Waals surface area contributed by atoms with Crippen LogP contribution in [0.25, 0.3) is 0 Å². The molecule has 19 heavy (non-hydrogen) atoms. The molecule has 1 N–H and O–H groups in total. The van der Waals surface area contributed by atoms with Gasteiger partial charge in [0.15, 0.2) is 0 Å². The zero-order valence-corrected chi connectivity index (χ0v) is 10.6. The number of alkyl halides is 3. The van der Waals surface area contributed by atoms with Crippen molar-refractivity contribution in [2.75, 3.05) is 6.61 Å². The lowest BCUT2D eigenvalue weighted by Crippen LogP contribution is -2.37. The summed E-state index contributed by atoms with van der Waals surface area (Å²) in [4.78, 5) is 0. The molecule has 1 aromatic heterocycles. The molecule has 2 atom stereocenters. The number of hydrogen-bond donors (Lipinski definition) is 1. The van der Waals surface area contributed by atoms with Crippen LogP contribution in [0.15, 0.2) is 22.8 Å². The van der Waals surface area contributed by atoms with E-state index in [0.29, 0.717) is 19.4 Å². The molecule has 0 amide bonds. The van der Waals surface area contributed by atoms with Crippen LogP contribution in [0.1, 0.15) is 31.4 Å². The molecule has 0 spiro atoms. The molecule has 2 unspecified atom stereocenters. The first-order valence-electron chi connectivity index (χ1n) is 6.47. The minimum Gasteiger partial charge on any atom is -0.468 e. The summed E-state index contributed by atoms with van der Waals surface area (Å²) < 4.78 is 46.4. The first-order valence-corrected chi connectivity index (χ1v) is 6.47. The third-order valence-corrected chi connectivity index (χ3v) is 3.25. The van der Waals surface area contributed by atoms with E-state index in [1.165, 1.54) is 0 Å². The Kier molecular flexibility index (Phi) is 4.87.